The number of ether oxygens (including phenoxy) is 2. The molecule has 5 heteroatoms. The van der Waals surface area contributed by atoms with Gasteiger partial charge in [0, 0.05) is 30.9 Å². The molecule has 2 aromatic rings. The first-order valence-electron chi connectivity index (χ1n) is 9.12. The maximum Gasteiger partial charge on any atom is 0.231 e. The fourth-order valence-corrected chi connectivity index (χ4v) is 3.71. The average Bonchev–Trinajstić information content (AvgIpc) is 2.97. The molecule has 132 valence electrons. The van der Waals surface area contributed by atoms with Gasteiger partial charge in [-0.15, -0.1) is 0 Å². The summed E-state index contributed by atoms with van der Waals surface area (Å²) < 4.78 is 11.3. The first kappa shape index (κ1) is 16.4. The van der Waals surface area contributed by atoms with Crippen LogP contribution in [0.3, 0.4) is 0 Å². The lowest BCUT2D eigenvalue weighted by Gasteiger charge is -2.31. The highest BCUT2D eigenvalue weighted by Crippen LogP contribution is 2.36. The number of hydrogen-bond donors (Lipinski definition) is 1. The largest absolute Gasteiger partial charge is 0.454 e. The number of rotatable bonds is 5. The number of nitrogens with zero attached hydrogens (tertiary/aromatic N) is 2. The number of benzene rings is 1. The standard InChI is InChI=1S/C20H25N3O2/c1-2-11-22-17(6-1)14-23(18-7-4-10-21-12-9-18)13-16-5-3-8-19-20(16)25-15-24-19/h1-3,5-6,8,11,18,21H,4,7,9-10,12-15H2. The summed E-state index contributed by atoms with van der Waals surface area (Å²) in [6.07, 6.45) is 5.47. The van der Waals surface area contributed by atoms with Crippen LogP contribution in [0.25, 0.3) is 0 Å². The summed E-state index contributed by atoms with van der Waals surface area (Å²) in [5, 5.41) is 3.51. The van der Waals surface area contributed by atoms with Crippen LogP contribution in [0.1, 0.15) is 30.5 Å². The molecule has 1 fully saturated rings. The molecule has 0 spiro atoms. The van der Waals surface area contributed by atoms with Crippen molar-refractivity contribution in [1.29, 1.82) is 0 Å². The molecule has 5 nitrogen and oxygen atoms in total. The van der Waals surface area contributed by atoms with Crippen molar-refractivity contribution >= 4 is 0 Å². The van der Waals surface area contributed by atoms with Crippen LogP contribution in [0.4, 0.5) is 0 Å². The lowest BCUT2D eigenvalue weighted by atomic mass is 10.0. The predicted octanol–water partition coefficient (Wildman–Crippen LogP) is 2.95. The van der Waals surface area contributed by atoms with Crippen LogP contribution < -0.4 is 14.8 Å². The van der Waals surface area contributed by atoms with Gasteiger partial charge in [-0.3, -0.25) is 9.88 Å². The maximum atomic E-state index is 5.72. The Morgan fingerprint density at radius 3 is 2.96 bits per heavy atom. The zero-order chi connectivity index (χ0) is 16.9. The summed E-state index contributed by atoms with van der Waals surface area (Å²) in [7, 11) is 0. The average molecular weight is 339 g/mol. The number of pyridine rings is 1. The smallest absolute Gasteiger partial charge is 0.231 e. The minimum absolute atomic E-state index is 0.319. The first-order chi connectivity index (χ1) is 12.4. The van der Waals surface area contributed by atoms with Gasteiger partial charge >= 0.3 is 0 Å². The summed E-state index contributed by atoms with van der Waals surface area (Å²) in [5.74, 6) is 1.76. The van der Waals surface area contributed by atoms with Gasteiger partial charge in [0.2, 0.25) is 6.79 Å². The summed E-state index contributed by atoms with van der Waals surface area (Å²) >= 11 is 0. The Balaban J connectivity index is 1.57. The molecule has 0 bridgehead atoms. The second kappa shape index (κ2) is 7.85. The molecule has 4 rings (SSSR count). The zero-order valence-electron chi connectivity index (χ0n) is 14.5. The van der Waals surface area contributed by atoms with Crippen molar-refractivity contribution in [3.8, 4) is 11.5 Å². The number of hydrogen-bond acceptors (Lipinski definition) is 5. The molecule has 1 aromatic heterocycles. The molecular weight excluding hydrogens is 314 g/mol. The fourth-order valence-electron chi connectivity index (χ4n) is 3.71. The molecule has 1 atom stereocenters. The van der Waals surface area contributed by atoms with E-state index in [-0.39, 0.29) is 0 Å². The molecule has 2 aliphatic rings. The maximum absolute atomic E-state index is 5.72. The molecule has 3 heterocycles. The number of nitrogens with one attached hydrogen (secondary N) is 1. The number of para-hydroxylation sites is 1. The van der Waals surface area contributed by atoms with Crippen molar-refractivity contribution in [2.24, 2.45) is 0 Å². The van der Waals surface area contributed by atoms with Crippen LogP contribution in [0.2, 0.25) is 0 Å². The number of aromatic nitrogens is 1. The van der Waals surface area contributed by atoms with E-state index >= 15 is 0 Å². The third-order valence-electron chi connectivity index (χ3n) is 5.00. The Morgan fingerprint density at radius 2 is 2.04 bits per heavy atom. The highest BCUT2D eigenvalue weighted by atomic mass is 16.7. The third kappa shape index (κ3) is 3.94. The van der Waals surface area contributed by atoms with Gasteiger partial charge < -0.3 is 14.8 Å². The molecule has 0 saturated carbocycles. The molecule has 0 aliphatic carbocycles. The van der Waals surface area contributed by atoms with Gasteiger partial charge in [-0.25, -0.2) is 0 Å². The van der Waals surface area contributed by atoms with Gasteiger partial charge in [0.05, 0.1) is 5.69 Å². The molecule has 2 aliphatic heterocycles. The Hall–Kier alpha value is -2.11. The summed E-state index contributed by atoms with van der Waals surface area (Å²) in [5.41, 5.74) is 2.31. The van der Waals surface area contributed by atoms with Crippen molar-refractivity contribution in [2.45, 2.75) is 38.4 Å². The number of fused-ring (bicyclic) bond motifs is 1. The first-order valence-corrected chi connectivity index (χ1v) is 9.12. The van der Waals surface area contributed by atoms with Crippen LogP contribution in [-0.4, -0.2) is 35.8 Å². The normalized spacial score (nSPS) is 19.8. The van der Waals surface area contributed by atoms with E-state index in [0.29, 0.717) is 12.8 Å². The lowest BCUT2D eigenvalue weighted by Crippen LogP contribution is -2.35. The van der Waals surface area contributed by atoms with E-state index in [9.17, 15) is 0 Å². The highest BCUT2D eigenvalue weighted by Gasteiger charge is 2.24. The van der Waals surface area contributed by atoms with Gasteiger partial charge in [-0.05, 0) is 50.6 Å². The molecule has 0 radical (unpaired) electrons. The molecule has 25 heavy (non-hydrogen) atoms. The van der Waals surface area contributed by atoms with E-state index in [1.165, 1.54) is 24.8 Å². The van der Waals surface area contributed by atoms with E-state index in [0.717, 1.165) is 43.4 Å². The van der Waals surface area contributed by atoms with E-state index in [4.69, 9.17) is 9.47 Å². The van der Waals surface area contributed by atoms with Crippen LogP contribution in [0.5, 0.6) is 11.5 Å². The van der Waals surface area contributed by atoms with Gasteiger partial charge in [0.15, 0.2) is 11.5 Å². The topological polar surface area (TPSA) is 46.6 Å². The van der Waals surface area contributed by atoms with Crippen molar-refractivity contribution in [3.63, 3.8) is 0 Å². The minimum atomic E-state index is 0.319. The van der Waals surface area contributed by atoms with Gasteiger partial charge in [0.1, 0.15) is 0 Å². The Kier molecular flexibility index (Phi) is 5.14. The van der Waals surface area contributed by atoms with Crippen LogP contribution >= 0.6 is 0 Å². The van der Waals surface area contributed by atoms with Crippen molar-refractivity contribution in [2.75, 3.05) is 19.9 Å². The quantitative estimate of drug-likeness (QED) is 0.907. The second-order valence-corrected chi connectivity index (χ2v) is 6.71. The van der Waals surface area contributed by atoms with Crippen molar-refractivity contribution < 1.29 is 9.47 Å². The third-order valence-corrected chi connectivity index (χ3v) is 5.00. The summed E-state index contributed by atoms with van der Waals surface area (Å²) in [4.78, 5) is 7.09. The molecule has 1 saturated heterocycles. The molecule has 0 amide bonds. The second-order valence-electron chi connectivity index (χ2n) is 6.71. The zero-order valence-corrected chi connectivity index (χ0v) is 14.5. The van der Waals surface area contributed by atoms with Crippen LogP contribution in [-0.2, 0) is 13.1 Å². The SMILES string of the molecule is c1ccc(CN(Cc2cccc3c2OCO3)C2CCCNCC2)nc1. The Bertz CT molecular complexity index is 685. The molecule has 1 N–H and O–H groups in total. The molecular formula is C20H25N3O2. The monoisotopic (exact) mass is 339 g/mol. The summed E-state index contributed by atoms with van der Waals surface area (Å²) in [6.45, 7) is 4.23. The minimum Gasteiger partial charge on any atom is -0.454 e. The van der Waals surface area contributed by atoms with Crippen molar-refractivity contribution in [3.05, 3.63) is 53.9 Å². The molecule has 1 aromatic carbocycles. The van der Waals surface area contributed by atoms with Crippen LogP contribution in [0, 0.1) is 0 Å². The van der Waals surface area contributed by atoms with Crippen LogP contribution in [0.15, 0.2) is 42.6 Å². The van der Waals surface area contributed by atoms with E-state index in [1.54, 1.807) is 0 Å². The predicted molar refractivity (Wildman–Crippen MR) is 96.6 cm³/mol. The molecule has 1 unspecified atom stereocenters. The summed E-state index contributed by atoms with van der Waals surface area (Å²) in [6, 6.07) is 12.9. The Labute approximate surface area is 149 Å². The fraction of sp³-hybridized carbons (Fsp3) is 0.450. The van der Waals surface area contributed by atoms with Gasteiger partial charge in [0.25, 0.3) is 0 Å². The van der Waals surface area contributed by atoms with Gasteiger partial charge in [-0.2, -0.15) is 0 Å². The van der Waals surface area contributed by atoms with E-state index < -0.39 is 0 Å². The van der Waals surface area contributed by atoms with Crippen molar-refractivity contribution in [1.82, 2.24) is 15.2 Å². The highest BCUT2D eigenvalue weighted by molar-refractivity contribution is 5.48. The lowest BCUT2D eigenvalue weighted by molar-refractivity contribution is 0.154. The van der Waals surface area contributed by atoms with E-state index in [2.05, 4.69) is 39.5 Å². The van der Waals surface area contributed by atoms with Gasteiger partial charge in [-0.1, -0.05) is 18.2 Å². The Morgan fingerprint density at radius 1 is 1.04 bits per heavy atom. The van der Waals surface area contributed by atoms with E-state index in [1.807, 2.05) is 18.3 Å².